The molecule has 1 atom stereocenters. The van der Waals surface area contributed by atoms with Crippen LogP contribution >= 0.6 is 47.0 Å². The first-order valence-electron chi connectivity index (χ1n) is 10.5. The number of nitrogens with one attached hydrogen (secondary N) is 2. The van der Waals surface area contributed by atoms with Crippen LogP contribution in [0, 0.1) is 0 Å². The molecular weight excluding hydrogens is 513 g/mol. The minimum atomic E-state index is -0.470. The zero-order valence-electron chi connectivity index (χ0n) is 18.3. The molecule has 5 nitrogen and oxygen atoms in total. The second-order valence-corrected chi connectivity index (χ2v) is 9.44. The van der Waals surface area contributed by atoms with Crippen LogP contribution in [0.4, 0.5) is 5.69 Å². The standard InChI is InChI=1S/C25H20Cl3N3O2S/c1-3-13(2)14-5-9-22-21(10-14)29-24(33-22)15-4-8-18(27)20(11-15)30-25(34)31-23(32)17-7-6-16(26)12-19(17)28/h4-13H,3H2,1-2H3,(H2,30,31,32,34)/t13-/m1/s1. The maximum Gasteiger partial charge on any atom is 0.258 e. The molecule has 3 aromatic carbocycles. The molecule has 34 heavy (non-hydrogen) atoms. The van der Waals surface area contributed by atoms with Crippen LogP contribution in [-0.2, 0) is 0 Å². The fourth-order valence-corrected chi connectivity index (χ4v) is 4.22. The highest BCUT2D eigenvalue weighted by Gasteiger charge is 2.15. The van der Waals surface area contributed by atoms with Crippen LogP contribution in [0.2, 0.25) is 15.1 Å². The highest BCUT2D eigenvalue weighted by atomic mass is 35.5. The van der Waals surface area contributed by atoms with E-state index >= 15 is 0 Å². The first kappa shape index (κ1) is 24.5. The molecule has 0 aliphatic carbocycles. The van der Waals surface area contributed by atoms with E-state index in [-0.39, 0.29) is 15.7 Å². The van der Waals surface area contributed by atoms with Crippen molar-refractivity contribution in [2.24, 2.45) is 0 Å². The Morgan fingerprint density at radius 2 is 1.85 bits per heavy atom. The average Bonchev–Trinajstić information content (AvgIpc) is 3.23. The Kier molecular flexibility index (Phi) is 7.43. The van der Waals surface area contributed by atoms with Gasteiger partial charge in [-0.25, -0.2) is 4.98 Å². The molecule has 4 aromatic rings. The Morgan fingerprint density at radius 3 is 2.59 bits per heavy atom. The number of benzene rings is 3. The lowest BCUT2D eigenvalue weighted by molar-refractivity contribution is 0.0978. The molecular formula is C25H20Cl3N3O2S. The highest BCUT2D eigenvalue weighted by molar-refractivity contribution is 7.80. The summed E-state index contributed by atoms with van der Waals surface area (Å²) in [6.45, 7) is 4.34. The van der Waals surface area contributed by atoms with Gasteiger partial charge in [0, 0.05) is 10.6 Å². The number of anilines is 1. The Morgan fingerprint density at radius 1 is 1.06 bits per heavy atom. The predicted molar refractivity (Wildman–Crippen MR) is 143 cm³/mol. The minimum absolute atomic E-state index is 0.0610. The van der Waals surface area contributed by atoms with Gasteiger partial charge >= 0.3 is 0 Å². The molecule has 0 bridgehead atoms. The number of oxazole rings is 1. The molecule has 0 unspecified atom stereocenters. The van der Waals surface area contributed by atoms with Crippen molar-refractivity contribution < 1.29 is 9.21 Å². The van der Waals surface area contributed by atoms with Crippen LogP contribution in [0.25, 0.3) is 22.6 Å². The van der Waals surface area contributed by atoms with E-state index in [0.717, 1.165) is 11.9 Å². The summed E-state index contributed by atoms with van der Waals surface area (Å²) in [5.74, 6) is 0.427. The third-order valence-electron chi connectivity index (χ3n) is 5.46. The largest absolute Gasteiger partial charge is 0.436 e. The van der Waals surface area contributed by atoms with E-state index in [9.17, 15) is 4.79 Å². The molecule has 1 aromatic heterocycles. The molecule has 0 spiro atoms. The molecule has 4 rings (SSSR count). The molecule has 0 radical (unpaired) electrons. The molecule has 0 aliphatic heterocycles. The fourth-order valence-electron chi connectivity index (χ4n) is 3.36. The molecule has 1 heterocycles. The van der Waals surface area contributed by atoms with E-state index in [4.69, 9.17) is 51.4 Å². The van der Waals surface area contributed by atoms with Gasteiger partial charge in [0.05, 0.1) is 21.3 Å². The SMILES string of the molecule is CC[C@@H](C)c1ccc2oc(-c3ccc(Cl)c(NC(=S)NC(=O)c4ccc(Cl)cc4Cl)c3)nc2c1. The molecule has 1 amide bonds. The lowest BCUT2D eigenvalue weighted by Crippen LogP contribution is -2.34. The third-order valence-corrected chi connectivity index (χ3v) is 6.54. The summed E-state index contributed by atoms with van der Waals surface area (Å²) >= 11 is 23.6. The number of thiocarbonyl (C=S) groups is 1. The predicted octanol–water partition coefficient (Wildman–Crippen LogP) is 8.10. The van der Waals surface area contributed by atoms with Gasteiger partial charge in [-0.05, 0) is 78.7 Å². The average molecular weight is 533 g/mol. The van der Waals surface area contributed by atoms with Gasteiger partial charge in [-0.1, -0.05) is 54.7 Å². The number of amides is 1. The summed E-state index contributed by atoms with van der Waals surface area (Å²) in [6, 6.07) is 15.9. The second kappa shape index (κ2) is 10.3. The molecule has 9 heteroatoms. The summed E-state index contributed by atoms with van der Waals surface area (Å²) in [4.78, 5) is 17.2. The van der Waals surface area contributed by atoms with Crippen molar-refractivity contribution in [2.75, 3.05) is 5.32 Å². The van der Waals surface area contributed by atoms with Crippen molar-refractivity contribution in [3.63, 3.8) is 0 Å². The smallest absolute Gasteiger partial charge is 0.258 e. The van der Waals surface area contributed by atoms with Gasteiger partial charge in [-0.3, -0.25) is 10.1 Å². The summed E-state index contributed by atoms with van der Waals surface area (Å²) in [5.41, 5.74) is 4.17. The normalized spacial score (nSPS) is 11.9. The summed E-state index contributed by atoms with van der Waals surface area (Å²) in [7, 11) is 0. The van der Waals surface area contributed by atoms with Crippen molar-refractivity contribution in [2.45, 2.75) is 26.2 Å². The van der Waals surface area contributed by atoms with Crippen molar-refractivity contribution in [1.29, 1.82) is 0 Å². The van der Waals surface area contributed by atoms with Crippen molar-refractivity contribution in [1.82, 2.24) is 10.3 Å². The summed E-state index contributed by atoms with van der Waals surface area (Å²) in [6.07, 6.45) is 1.04. The monoisotopic (exact) mass is 531 g/mol. The van der Waals surface area contributed by atoms with E-state index in [0.29, 0.717) is 38.7 Å². The number of carbonyl (C=O) groups excluding carboxylic acids is 1. The van der Waals surface area contributed by atoms with Crippen molar-refractivity contribution in [3.8, 4) is 11.5 Å². The van der Waals surface area contributed by atoms with E-state index in [1.54, 1.807) is 18.2 Å². The number of hydrogen-bond acceptors (Lipinski definition) is 4. The van der Waals surface area contributed by atoms with Crippen molar-refractivity contribution >= 4 is 74.8 Å². The Balaban J connectivity index is 1.54. The first-order valence-corrected chi connectivity index (χ1v) is 12.1. The van der Waals surface area contributed by atoms with Crippen molar-refractivity contribution in [3.05, 3.63) is 80.8 Å². The number of hydrogen-bond donors (Lipinski definition) is 2. The van der Waals surface area contributed by atoms with Crippen LogP contribution in [0.5, 0.6) is 0 Å². The number of nitrogens with zero attached hydrogens (tertiary/aromatic N) is 1. The summed E-state index contributed by atoms with van der Waals surface area (Å²) < 4.78 is 5.96. The maximum atomic E-state index is 12.5. The fraction of sp³-hybridized carbons (Fsp3) is 0.160. The van der Waals surface area contributed by atoms with Crippen LogP contribution < -0.4 is 10.6 Å². The van der Waals surface area contributed by atoms with Gasteiger partial charge in [-0.2, -0.15) is 0 Å². The lowest BCUT2D eigenvalue weighted by Gasteiger charge is -2.12. The van der Waals surface area contributed by atoms with Gasteiger partial charge in [0.2, 0.25) is 5.89 Å². The van der Waals surface area contributed by atoms with E-state index in [1.807, 2.05) is 12.1 Å². The molecule has 2 N–H and O–H groups in total. The second-order valence-electron chi connectivity index (χ2n) is 7.78. The topological polar surface area (TPSA) is 67.2 Å². The highest BCUT2D eigenvalue weighted by Crippen LogP contribution is 2.32. The van der Waals surface area contributed by atoms with Gasteiger partial charge in [-0.15, -0.1) is 0 Å². The van der Waals surface area contributed by atoms with Crippen LogP contribution in [0.15, 0.2) is 59.0 Å². The number of rotatable bonds is 5. The van der Waals surface area contributed by atoms with Gasteiger partial charge in [0.25, 0.3) is 5.91 Å². The molecule has 0 aliphatic rings. The van der Waals surface area contributed by atoms with Crippen LogP contribution in [0.1, 0.15) is 42.1 Å². The van der Waals surface area contributed by atoms with Gasteiger partial charge in [0.1, 0.15) is 5.52 Å². The Bertz CT molecular complexity index is 1400. The Hall–Kier alpha value is -2.64. The zero-order chi connectivity index (χ0) is 24.4. The molecule has 174 valence electrons. The van der Waals surface area contributed by atoms with E-state index in [2.05, 4.69) is 41.6 Å². The number of halogens is 3. The maximum absolute atomic E-state index is 12.5. The number of carbonyl (C=O) groups is 1. The molecule has 0 fully saturated rings. The minimum Gasteiger partial charge on any atom is -0.436 e. The van der Waals surface area contributed by atoms with Gasteiger partial charge < -0.3 is 9.73 Å². The molecule has 0 saturated carbocycles. The third kappa shape index (κ3) is 5.36. The Labute approximate surface area is 217 Å². The van der Waals surface area contributed by atoms with E-state index in [1.165, 1.54) is 17.7 Å². The zero-order valence-corrected chi connectivity index (χ0v) is 21.4. The molecule has 0 saturated heterocycles. The first-order chi connectivity index (χ1) is 16.2. The quantitative estimate of drug-likeness (QED) is 0.254. The number of fused-ring (bicyclic) bond motifs is 1. The number of aromatic nitrogens is 1. The lowest BCUT2D eigenvalue weighted by atomic mass is 9.98. The van der Waals surface area contributed by atoms with Crippen LogP contribution in [-0.4, -0.2) is 16.0 Å². The van der Waals surface area contributed by atoms with Crippen LogP contribution in [0.3, 0.4) is 0 Å². The van der Waals surface area contributed by atoms with E-state index < -0.39 is 5.91 Å². The summed E-state index contributed by atoms with van der Waals surface area (Å²) in [5, 5.41) is 6.67. The van der Waals surface area contributed by atoms with Gasteiger partial charge in [0.15, 0.2) is 10.7 Å².